The molecule has 0 radical (unpaired) electrons. The second kappa shape index (κ2) is 9.60. The van der Waals surface area contributed by atoms with Crippen molar-refractivity contribution in [1.29, 1.82) is 0 Å². The topological polar surface area (TPSA) is 92.9 Å². The standard InChI is InChI=1S/C22H22N2O6/c1-14(21-23-24-22(30-21)16-7-9-17(26-2)10-8-16)29-20(25)12-6-15-5-11-18(27-3)19(13-15)28-4/h5-14H,1-4H3/b12-6+/t14-/m1/s1. The zero-order chi connectivity index (χ0) is 21.5. The van der Waals surface area contributed by atoms with Crippen molar-refractivity contribution in [2.75, 3.05) is 21.3 Å². The molecule has 0 bridgehead atoms. The summed E-state index contributed by atoms with van der Waals surface area (Å²) in [6.45, 7) is 1.66. The minimum absolute atomic E-state index is 0.202. The first-order valence-electron chi connectivity index (χ1n) is 9.12. The van der Waals surface area contributed by atoms with Gasteiger partial charge in [0.2, 0.25) is 5.89 Å². The highest BCUT2D eigenvalue weighted by atomic mass is 16.6. The third-order valence-corrected chi connectivity index (χ3v) is 4.24. The van der Waals surface area contributed by atoms with Crippen LogP contribution in [0.5, 0.6) is 17.2 Å². The Morgan fingerprint density at radius 3 is 2.37 bits per heavy atom. The van der Waals surface area contributed by atoms with E-state index in [0.29, 0.717) is 17.4 Å². The lowest BCUT2D eigenvalue weighted by Crippen LogP contribution is -2.06. The van der Waals surface area contributed by atoms with Crippen LogP contribution in [0.1, 0.15) is 24.5 Å². The van der Waals surface area contributed by atoms with Crippen LogP contribution in [0.3, 0.4) is 0 Å². The number of aromatic nitrogens is 2. The second-order valence-electron chi connectivity index (χ2n) is 6.20. The number of nitrogens with zero attached hydrogens (tertiary/aromatic N) is 2. The van der Waals surface area contributed by atoms with Gasteiger partial charge in [0, 0.05) is 11.6 Å². The van der Waals surface area contributed by atoms with E-state index in [-0.39, 0.29) is 5.89 Å². The van der Waals surface area contributed by atoms with Crippen LogP contribution < -0.4 is 14.2 Å². The van der Waals surface area contributed by atoms with Crippen molar-refractivity contribution in [2.45, 2.75) is 13.0 Å². The average Bonchev–Trinajstić information content (AvgIpc) is 3.28. The Bertz CT molecular complexity index is 1030. The summed E-state index contributed by atoms with van der Waals surface area (Å²) in [4.78, 5) is 12.2. The first-order chi connectivity index (χ1) is 14.5. The first-order valence-corrected chi connectivity index (χ1v) is 9.12. The molecule has 0 saturated heterocycles. The van der Waals surface area contributed by atoms with Crippen molar-refractivity contribution >= 4 is 12.0 Å². The number of hydrogen-bond donors (Lipinski definition) is 0. The number of rotatable bonds is 8. The van der Waals surface area contributed by atoms with E-state index in [1.165, 1.54) is 6.08 Å². The highest BCUT2D eigenvalue weighted by Gasteiger charge is 2.18. The van der Waals surface area contributed by atoms with Crippen molar-refractivity contribution in [1.82, 2.24) is 10.2 Å². The minimum Gasteiger partial charge on any atom is -0.497 e. The first kappa shape index (κ1) is 20.9. The van der Waals surface area contributed by atoms with Crippen molar-refractivity contribution in [2.24, 2.45) is 0 Å². The van der Waals surface area contributed by atoms with Crippen LogP contribution in [0.25, 0.3) is 17.5 Å². The maximum absolute atomic E-state index is 12.2. The summed E-state index contributed by atoms with van der Waals surface area (Å²) in [6, 6.07) is 12.5. The van der Waals surface area contributed by atoms with E-state index in [0.717, 1.165) is 16.9 Å². The number of methoxy groups -OCH3 is 3. The van der Waals surface area contributed by atoms with Crippen LogP contribution in [-0.2, 0) is 9.53 Å². The summed E-state index contributed by atoms with van der Waals surface area (Å²) in [5.74, 6) is 1.89. The molecule has 0 aliphatic heterocycles. The molecule has 0 amide bonds. The Morgan fingerprint density at radius 1 is 0.967 bits per heavy atom. The van der Waals surface area contributed by atoms with E-state index in [9.17, 15) is 4.79 Å². The summed E-state index contributed by atoms with van der Waals surface area (Å²) in [5, 5.41) is 7.98. The number of carbonyl (C=O) groups excluding carboxylic acids is 1. The molecule has 0 aliphatic rings. The fraction of sp³-hybridized carbons (Fsp3) is 0.227. The van der Waals surface area contributed by atoms with Gasteiger partial charge in [0.25, 0.3) is 5.89 Å². The highest BCUT2D eigenvalue weighted by Crippen LogP contribution is 2.28. The SMILES string of the molecule is COc1ccc(-c2nnc([C@@H](C)OC(=O)/C=C/c3ccc(OC)c(OC)c3)o2)cc1. The van der Waals surface area contributed by atoms with Gasteiger partial charge in [-0.2, -0.15) is 0 Å². The normalized spacial score (nSPS) is 11.9. The van der Waals surface area contributed by atoms with Gasteiger partial charge in [-0.05, 0) is 55.0 Å². The number of carbonyl (C=O) groups is 1. The number of ether oxygens (including phenoxy) is 4. The lowest BCUT2D eigenvalue weighted by atomic mass is 10.2. The summed E-state index contributed by atoms with van der Waals surface area (Å²) < 4.78 is 26.5. The lowest BCUT2D eigenvalue weighted by Gasteiger charge is -2.08. The zero-order valence-electron chi connectivity index (χ0n) is 17.1. The molecule has 30 heavy (non-hydrogen) atoms. The van der Waals surface area contributed by atoms with Gasteiger partial charge in [-0.25, -0.2) is 4.79 Å². The molecule has 156 valence electrons. The van der Waals surface area contributed by atoms with E-state index < -0.39 is 12.1 Å². The molecule has 1 aromatic heterocycles. The lowest BCUT2D eigenvalue weighted by molar-refractivity contribution is -0.143. The van der Waals surface area contributed by atoms with Gasteiger partial charge in [-0.1, -0.05) is 6.07 Å². The second-order valence-corrected chi connectivity index (χ2v) is 6.20. The zero-order valence-corrected chi connectivity index (χ0v) is 17.1. The molecule has 8 nitrogen and oxygen atoms in total. The van der Waals surface area contributed by atoms with Crippen molar-refractivity contribution in [3.8, 4) is 28.7 Å². The molecule has 3 aromatic rings. The number of hydrogen-bond acceptors (Lipinski definition) is 8. The van der Waals surface area contributed by atoms with Gasteiger partial charge in [0.15, 0.2) is 17.6 Å². The summed E-state index contributed by atoms with van der Waals surface area (Å²) in [6.07, 6.45) is 2.23. The molecule has 0 aliphatic carbocycles. The van der Waals surface area contributed by atoms with Crippen molar-refractivity contribution in [3.63, 3.8) is 0 Å². The molecule has 0 N–H and O–H groups in total. The maximum atomic E-state index is 12.2. The Labute approximate surface area is 174 Å². The predicted octanol–water partition coefficient (Wildman–Crippen LogP) is 4.08. The molecule has 3 rings (SSSR count). The highest BCUT2D eigenvalue weighted by molar-refractivity contribution is 5.87. The van der Waals surface area contributed by atoms with Crippen LogP contribution in [0.4, 0.5) is 0 Å². The van der Waals surface area contributed by atoms with Gasteiger partial charge >= 0.3 is 5.97 Å². The smallest absolute Gasteiger partial charge is 0.331 e. The van der Waals surface area contributed by atoms with Gasteiger partial charge in [0.1, 0.15) is 5.75 Å². The van der Waals surface area contributed by atoms with Crippen LogP contribution >= 0.6 is 0 Å². The van der Waals surface area contributed by atoms with Gasteiger partial charge < -0.3 is 23.4 Å². The summed E-state index contributed by atoms with van der Waals surface area (Å²) in [5.41, 5.74) is 1.50. The van der Waals surface area contributed by atoms with Crippen molar-refractivity contribution in [3.05, 3.63) is 60.0 Å². The van der Waals surface area contributed by atoms with E-state index >= 15 is 0 Å². The molecule has 8 heteroatoms. The van der Waals surface area contributed by atoms with Gasteiger partial charge in [0.05, 0.1) is 21.3 Å². The third kappa shape index (κ3) is 4.96. The summed E-state index contributed by atoms with van der Waals surface area (Å²) in [7, 11) is 4.70. The fourth-order valence-electron chi connectivity index (χ4n) is 2.63. The molecule has 1 heterocycles. The molecular formula is C22H22N2O6. The summed E-state index contributed by atoms with van der Waals surface area (Å²) >= 11 is 0. The Balaban J connectivity index is 1.63. The Hall–Kier alpha value is -3.81. The number of benzene rings is 2. The fourth-order valence-corrected chi connectivity index (χ4v) is 2.63. The van der Waals surface area contributed by atoms with Gasteiger partial charge in [-0.15, -0.1) is 10.2 Å². The molecule has 0 saturated carbocycles. The van der Waals surface area contributed by atoms with Gasteiger partial charge in [-0.3, -0.25) is 0 Å². The molecule has 2 aromatic carbocycles. The maximum Gasteiger partial charge on any atom is 0.331 e. The van der Waals surface area contributed by atoms with E-state index in [1.807, 2.05) is 0 Å². The molecular weight excluding hydrogens is 388 g/mol. The molecule has 1 atom stereocenters. The Morgan fingerprint density at radius 2 is 1.70 bits per heavy atom. The third-order valence-electron chi connectivity index (χ3n) is 4.24. The van der Waals surface area contributed by atoms with Crippen LogP contribution in [0.2, 0.25) is 0 Å². The molecule has 0 spiro atoms. The quantitative estimate of drug-likeness (QED) is 0.405. The van der Waals surface area contributed by atoms with E-state index in [4.69, 9.17) is 23.4 Å². The van der Waals surface area contributed by atoms with Crippen LogP contribution in [0, 0.1) is 0 Å². The largest absolute Gasteiger partial charge is 0.497 e. The van der Waals surface area contributed by atoms with E-state index in [1.54, 1.807) is 76.8 Å². The van der Waals surface area contributed by atoms with Crippen molar-refractivity contribution < 1.29 is 28.2 Å². The van der Waals surface area contributed by atoms with E-state index in [2.05, 4.69) is 10.2 Å². The molecule has 0 fully saturated rings. The van der Waals surface area contributed by atoms with Crippen LogP contribution in [0.15, 0.2) is 53.0 Å². The Kier molecular flexibility index (Phi) is 6.69. The number of esters is 1. The van der Waals surface area contributed by atoms with Crippen LogP contribution in [-0.4, -0.2) is 37.5 Å². The molecule has 0 unspecified atom stereocenters. The average molecular weight is 410 g/mol. The predicted molar refractivity (Wildman–Crippen MR) is 109 cm³/mol. The minimum atomic E-state index is -0.702. The monoisotopic (exact) mass is 410 g/mol.